The van der Waals surface area contributed by atoms with Gasteiger partial charge in [0.25, 0.3) is 0 Å². The molecule has 1 aliphatic heterocycles. The van der Waals surface area contributed by atoms with E-state index in [1.54, 1.807) is 16.4 Å². The quantitative estimate of drug-likeness (QED) is 0.831. The number of nitrogens with zero attached hydrogens (tertiary/aromatic N) is 3. The van der Waals surface area contributed by atoms with Gasteiger partial charge >= 0.3 is 0 Å². The lowest BCUT2D eigenvalue weighted by Gasteiger charge is -2.34. The number of rotatable bonds is 4. The highest BCUT2D eigenvalue weighted by molar-refractivity contribution is 7.89. The Kier molecular flexibility index (Phi) is 5.42. The molecule has 1 fully saturated rings. The molecule has 0 N–H and O–H groups in total. The average Bonchev–Trinajstić information content (AvgIpc) is 2.65. The third-order valence-electron chi connectivity index (χ3n) is 4.94. The van der Waals surface area contributed by atoms with Crippen molar-refractivity contribution in [2.75, 3.05) is 26.2 Å². The monoisotopic (exact) mass is 369 g/mol. The second-order valence-electron chi connectivity index (χ2n) is 6.74. The Morgan fingerprint density at radius 3 is 2.19 bits per heavy atom. The maximum atomic E-state index is 12.9. The molecule has 0 atom stereocenters. The largest absolute Gasteiger partial charge is 0.296 e. The van der Waals surface area contributed by atoms with Gasteiger partial charge in [0.05, 0.1) is 16.5 Å². The highest BCUT2D eigenvalue weighted by atomic mass is 32.2. The number of benzene rings is 2. The Bertz CT molecular complexity index is 923. The highest BCUT2D eigenvalue weighted by Gasteiger charge is 2.28. The van der Waals surface area contributed by atoms with Crippen LogP contribution in [0.2, 0.25) is 0 Å². The van der Waals surface area contributed by atoms with Crippen molar-refractivity contribution in [2.24, 2.45) is 0 Å². The van der Waals surface area contributed by atoms with Crippen LogP contribution >= 0.6 is 0 Å². The van der Waals surface area contributed by atoms with Crippen LogP contribution < -0.4 is 0 Å². The molecule has 26 heavy (non-hydrogen) atoms. The van der Waals surface area contributed by atoms with Gasteiger partial charge in [-0.05, 0) is 54.8 Å². The third-order valence-corrected chi connectivity index (χ3v) is 6.83. The van der Waals surface area contributed by atoms with Gasteiger partial charge in [-0.3, -0.25) is 4.90 Å². The summed E-state index contributed by atoms with van der Waals surface area (Å²) in [6.07, 6.45) is 0. The third kappa shape index (κ3) is 3.96. The van der Waals surface area contributed by atoms with Crippen LogP contribution in [0.5, 0.6) is 0 Å². The molecule has 1 saturated heterocycles. The van der Waals surface area contributed by atoms with Crippen LogP contribution in [0.1, 0.15) is 22.3 Å². The lowest BCUT2D eigenvalue weighted by atomic mass is 10.1. The van der Waals surface area contributed by atoms with E-state index in [0.29, 0.717) is 36.6 Å². The molecular weight excluding hydrogens is 346 g/mol. The van der Waals surface area contributed by atoms with Gasteiger partial charge in [0.15, 0.2) is 0 Å². The van der Waals surface area contributed by atoms with Crippen LogP contribution in [0.4, 0.5) is 0 Å². The number of nitriles is 1. The molecule has 0 bridgehead atoms. The van der Waals surface area contributed by atoms with Gasteiger partial charge < -0.3 is 0 Å². The number of sulfonamides is 1. The second-order valence-corrected chi connectivity index (χ2v) is 8.67. The van der Waals surface area contributed by atoms with Gasteiger partial charge in [0.1, 0.15) is 0 Å². The molecule has 3 rings (SSSR count). The lowest BCUT2D eigenvalue weighted by molar-refractivity contribution is 0.181. The van der Waals surface area contributed by atoms with E-state index >= 15 is 0 Å². The van der Waals surface area contributed by atoms with E-state index in [2.05, 4.69) is 11.0 Å². The first-order valence-electron chi connectivity index (χ1n) is 8.69. The fraction of sp³-hybridized carbons (Fsp3) is 0.350. The number of aryl methyl sites for hydroxylation is 2. The van der Waals surface area contributed by atoms with Crippen molar-refractivity contribution in [1.82, 2.24) is 9.21 Å². The van der Waals surface area contributed by atoms with Crippen LogP contribution in [-0.2, 0) is 16.6 Å². The summed E-state index contributed by atoms with van der Waals surface area (Å²) in [6, 6.07) is 15.0. The smallest absolute Gasteiger partial charge is 0.243 e. The molecule has 0 unspecified atom stereocenters. The fourth-order valence-corrected chi connectivity index (χ4v) is 4.60. The van der Waals surface area contributed by atoms with Crippen molar-refractivity contribution in [3.05, 3.63) is 64.7 Å². The topological polar surface area (TPSA) is 64.4 Å². The predicted octanol–water partition coefficient (Wildman–Crippen LogP) is 2.68. The first-order valence-corrected chi connectivity index (χ1v) is 10.1. The number of hydrogen-bond donors (Lipinski definition) is 0. The SMILES string of the molecule is Cc1ccc(S(=O)(=O)N2CCN(Cc3ccc(C#N)cc3)CC2)cc1C. The Labute approximate surface area is 155 Å². The summed E-state index contributed by atoms with van der Waals surface area (Å²) >= 11 is 0. The Morgan fingerprint density at radius 2 is 1.62 bits per heavy atom. The van der Waals surface area contributed by atoms with Crippen LogP contribution in [0.25, 0.3) is 0 Å². The summed E-state index contributed by atoms with van der Waals surface area (Å²) in [6.45, 7) is 7.06. The normalized spacial score (nSPS) is 16.3. The lowest BCUT2D eigenvalue weighted by Crippen LogP contribution is -2.48. The van der Waals surface area contributed by atoms with Crippen molar-refractivity contribution < 1.29 is 8.42 Å². The van der Waals surface area contributed by atoms with Gasteiger partial charge in [-0.25, -0.2) is 8.42 Å². The predicted molar refractivity (Wildman–Crippen MR) is 101 cm³/mol. The van der Waals surface area contributed by atoms with Crippen molar-refractivity contribution in [3.63, 3.8) is 0 Å². The first-order chi connectivity index (χ1) is 12.4. The summed E-state index contributed by atoms with van der Waals surface area (Å²) in [5.41, 5.74) is 3.87. The number of hydrogen-bond acceptors (Lipinski definition) is 4. The minimum atomic E-state index is -3.44. The molecule has 0 amide bonds. The Morgan fingerprint density at radius 1 is 0.962 bits per heavy atom. The highest BCUT2D eigenvalue weighted by Crippen LogP contribution is 2.21. The Balaban J connectivity index is 1.63. The summed E-state index contributed by atoms with van der Waals surface area (Å²) in [5, 5.41) is 8.86. The van der Waals surface area contributed by atoms with E-state index in [1.807, 2.05) is 44.2 Å². The molecule has 0 spiro atoms. The molecule has 1 aliphatic rings. The van der Waals surface area contributed by atoms with Crippen molar-refractivity contribution in [3.8, 4) is 6.07 Å². The minimum Gasteiger partial charge on any atom is -0.296 e. The first kappa shape index (κ1) is 18.6. The number of piperazine rings is 1. The molecule has 0 aliphatic carbocycles. The van der Waals surface area contributed by atoms with Crippen molar-refractivity contribution in [1.29, 1.82) is 5.26 Å². The molecule has 2 aromatic carbocycles. The molecule has 6 heteroatoms. The summed E-state index contributed by atoms with van der Waals surface area (Å²) in [4.78, 5) is 2.62. The zero-order chi connectivity index (χ0) is 18.7. The van der Waals surface area contributed by atoms with Crippen LogP contribution in [0.15, 0.2) is 47.4 Å². The van der Waals surface area contributed by atoms with E-state index in [9.17, 15) is 8.42 Å². The maximum Gasteiger partial charge on any atom is 0.243 e. The molecule has 0 aromatic heterocycles. The molecule has 0 radical (unpaired) electrons. The minimum absolute atomic E-state index is 0.376. The standard InChI is InChI=1S/C20H23N3O2S/c1-16-3-8-20(13-17(16)2)26(24,25)23-11-9-22(10-12-23)15-19-6-4-18(14-21)5-7-19/h3-8,13H,9-12,15H2,1-2H3. The van der Waals surface area contributed by atoms with Crippen molar-refractivity contribution in [2.45, 2.75) is 25.3 Å². The van der Waals surface area contributed by atoms with Gasteiger partial charge in [-0.2, -0.15) is 9.57 Å². The molecular formula is C20H23N3O2S. The summed E-state index contributed by atoms with van der Waals surface area (Å²) in [5.74, 6) is 0. The van der Waals surface area contributed by atoms with Gasteiger partial charge in [-0.1, -0.05) is 18.2 Å². The molecule has 1 heterocycles. The molecule has 5 nitrogen and oxygen atoms in total. The van der Waals surface area contributed by atoms with Gasteiger partial charge in [0, 0.05) is 32.7 Å². The maximum absolute atomic E-state index is 12.9. The van der Waals surface area contributed by atoms with Gasteiger partial charge in [0.2, 0.25) is 10.0 Å². The van der Waals surface area contributed by atoms with Crippen molar-refractivity contribution >= 4 is 10.0 Å². The Hall–Kier alpha value is -2.20. The molecule has 136 valence electrons. The zero-order valence-electron chi connectivity index (χ0n) is 15.1. The van der Waals surface area contributed by atoms with Crippen LogP contribution in [-0.4, -0.2) is 43.8 Å². The van der Waals surface area contributed by atoms with Gasteiger partial charge in [-0.15, -0.1) is 0 Å². The van der Waals surface area contributed by atoms with E-state index in [0.717, 1.165) is 23.2 Å². The van der Waals surface area contributed by atoms with E-state index in [4.69, 9.17) is 5.26 Å². The fourth-order valence-electron chi connectivity index (χ4n) is 3.09. The van der Waals surface area contributed by atoms with E-state index in [-0.39, 0.29) is 0 Å². The van der Waals surface area contributed by atoms with E-state index < -0.39 is 10.0 Å². The molecule has 2 aromatic rings. The van der Waals surface area contributed by atoms with Crippen LogP contribution in [0.3, 0.4) is 0 Å². The summed E-state index contributed by atoms with van der Waals surface area (Å²) in [7, 11) is -3.44. The van der Waals surface area contributed by atoms with E-state index in [1.165, 1.54) is 0 Å². The molecule has 0 saturated carbocycles. The second kappa shape index (κ2) is 7.58. The summed E-state index contributed by atoms with van der Waals surface area (Å²) < 4.78 is 27.3. The zero-order valence-corrected chi connectivity index (χ0v) is 16.0. The van der Waals surface area contributed by atoms with Crippen LogP contribution in [0, 0.1) is 25.2 Å². The average molecular weight is 369 g/mol.